The van der Waals surface area contributed by atoms with Gasteiger partial charge in [0.2, 0.25) is 10.0 Å². The van der Waals surface area contributed by atoms with Crippen molar-refractivity contribution in [1.82, 2.24) is 9.62 Å². The van der Waals surface area contributed by atoms with Crippen LogP contribution in [0, 0.1) is 11.7 Å². The molecule has 1 fully saturated rings. The van der Waals surface area contributed by atoms with E-state index in [4.69, 9.17) is 0 Å². The van der Waals surface area contributed by atoms with Crippen molar-refractivity contribution < 1.29 is 26.0 Å². The molecule has 0 unspecified atom stereocenters. The fourth-order valence-corrected chi connectivity index (χ4v) is 4.28. The largest absolute Gasteiger partial charge is 0.416 e. The highest BCUT2D eigenvalue weighted by atomic mass is 32.2. The SMILES string of the molecule is CCNCC1CCN(S(=O)(=O)c2cc(C(F)(F)F)ccc2F)CC1. The van der Waals surface area contributed by atoms with Gasteiger partial charge < -0.3 is 5.32 Å². The van der Waals surface area contributed by atoms with Crippen LogP contribution in [0.25, 0.3) is 0 Å². The molecular weight excluding hydrogens is 348 g/mol. The van der Waals surface area contributed by atoms with E-state index in [-0.39, 0.29) is 13.1 Å². The molecule has 9 heteroatoms. The molecule has 1 aliphatic rings. The summed E-state index contributed by atoms with van der Waals surface area (Å²) in [7, 11) is -4.28. The van der Waals surface area contributed by atoms with Gasteiger partial charge in [0.1, 0.15) is 10.7 Å². The third kappa shape index (κ3) is 4.25. The Hall–Kier alpha value is -1.19. The molecule has 1 N–H and O–H groups in total. The molecule has 0 atom stereocenters. The number of nitrogens with zero attached hydrogens (tertiary/aromatic N) is 1. The van der Waals surface area contributed by atoms with Gasteiger partial charge in [-0.25, -0.2) is 12.8 Å². The van der Waals surface area contributed by atoms with E-state index in [1.54, 1.807) is 0 Å². The standard InChI is InChI=1S/C15H20F4N2O2S/c1-2-20-10-11-5-7-21(8-6-11)24(22,23)14-9-12(15(17,18)19)3-4-13(14)16/h3-4,9,11,20H,2,5-8,10H2,1H3. The van der Waals surface area contributed by atoms with Crippen LogP contribution in [0.4, 0.5) is 17.6 Å². The summed E-state index contributed by atoms with van der Waals surface area (Å²) in [6.07, 6.45) is -3.55. The summed E-state index contributed by atoms with van der Waals surface area (Å²) >= 11 is 0. The first kappa shape index (κ1) is 19.1. The Morgan fingerprint density at radius 2 is 1.88 bits per heavy atom. The van der Waals surface area contributed by atoms with Crippen molar-refractivity contribution in [2.45, 2.75) is 30.8 Å². The fourth-order valence-electron chi connectivity index (χ4n) is 2.72. The van der Waals surface area contributed by atoms with Crippen LogP contribution < -0.4 is 5.32 Å². The van der Waals surface area contributed by atoms with Crippen molar-refractivity contribution in [3.05, 3.63) is 29.6 Å². The maximum absolute atomic E-state index is 13.9. The molecule has 0 aliphatic carbocycles. The third-order valence-electron chi connectivity index (χ3n) is 4.13. The van der Waals surface area contributed by atoms with Crippen LogP contribution in [0.2, 0.25) is 0 Å². The van der Waals surface area contributed by atoms with Crippen LogP contribution in [0.1, 0.15) is 25.3 Å². The Balaban J connectivity index is 2.19. The van der Waals surface area contributed by atoms with Crippen molar-refractivity contribution in [1.29, 1.82) is 0 Å². The first-order valence-corrected chi connectivity index (χ1v) is 9.18. The van der Waals surface area contributed by atoms with Crippen LogP contribution in [-0.4, -0.2) is 38.9 Å². The molecule has 0 radical (unpaired) electrons. The van der Waals surface area contributed by atoms with E-state index in [9.17, 15) is 26.0 Å². The number of rotatable bonds is 5. The Bertz CT molecular complexity index is 669. The van der Waals surface area contributed by atoms with Crippen LogP contribution in [0.5, 0.6) is 0 Å². The van der Waals surface area contributed by atoms with Crippen molar-refractivity contribution in [2.75, 3.05) is 26.2 Å². The van der Waals surface area contributed by atoms with E-state index in [2.05, 4.69) is 5.32 Å². The summed E-state index contributed by atoms with van der Waals surface area (Å²) in [5, 5.41) is 3.18. The normalized spacial score (nSPS) is 18.0. The van der Waals surface area contributed by atoms with Crippen molar-refractivity contribution in [3.63, 3.8) is 0 Å². The summed E-state index contributed by atoms with van der Waals surface area (Å²) in [5.41, 5.74) is -1.18. The van der Waals surface area contributed by atoms with Gasteiger partial charge in [-0.2, -0.15) is 17.5 Å². The fraction of sp³-hybridized carbons (Fsp3) is 0.600. The predicted octanol–water partition coefficient (Wildman–Crippen LogP) is 2.85. The Kier molecular flexibility index (Phi) is 5.87. The van der Waals surface area contributed by atoms with Gasteiger partial charge in [-0.1, -0.05) is 6.92 Å². The van der Waals surface area contributed by atoms with E-state index in [1.165, 1.54) is 0 Å². The Labute approximate surface area is 138 Å². The molecular formula is C15H20F4N2O2S. The predicted molar refractivity (Wildman–Crippen MR) is 81.4 cm³/mol. The minimum atomic E-state index is -4.73. The van der Waals surface area contributed by atoms with Crippen molar-refractivity contribution in [3.8, 4) is 0 Å². The van der Waals surface area contributed by atoms with Crippen molar-refractivity contribution in [2.24, 2.45) is 5.92 Å². The number of hydrogen-bond donors (Lipinski definition) is 1. The maximum Gasteiger partial charge on any atom is 0.416 e. The highest BCUT2D eigenvalue weighted by Gasteiger charge is 2.36. The zero-order chi connectivity index (χ0) is 18.0. The average molecular weight is 368 g/mol. The molecule has 4 nitrogen and oxygen atoms in total. The summed E-state index contributed by atoms with van der Waals surface area (Å²) in [5.74, 6) is -0.861. The number of benzene rings is 1. The number of nitrogens with one attached hydrogen (secondary N) is 1. The summed E-state index contributed by atoms with van der Waals surface area (Å²) < 4.78 is 78.2. The summed E-state index contributed by atoms with van der Waals surface area (Å²) in [6, 6.07) is 1.46. The maximum atomic E-state index is 13.9. The van der Waals surface area contributed by atoms with Crippen molar-refractivity contribution >= 4 is 10.0 Å². The lowest BCUT2D eigenvalue weighted by atomic mass is 9.98. The molecule has 24 heavy (non-hydrogen) atoms. The minimum absolute atomic E-state index is 0.175. The molecule has 2 rings (SSSR count). The first-order chi connectivity index (χ1) is 11.2. The van der Waals surface area contributed by atoms with E-state index in [0.29, 0.717) is 37.0 Å². The number of alkyl halides is 3. The molecule has 1 saturated heterocycles. The number of halogens is 4. The van der Waals surface area contributed by atoms with E-state index >= 15 is 0 Å². The molecule has 1 aromatic carbocycles. The monoisotopic (exact) mass is 368 g/mol. The molecule has 1 aromatic rings. The molecule has 1 aliphatic heterocycles. The lowest BCUT2D eigenvalue weighted by molar-refractivity contribution is -0.137. The topological polar surface area (TPSA) is 49.4 Å². The van der Waals surface area contributed by atoms with E-state index in [1.807, 2.05) is 6.92 Å². The van der Waals surface area contributed by atoms with Crippen LogP contribution in [0.3, 0.4) is 0 Å². The highest BCUT2D eigenvalue weighted by Crippen LogP contribution is 2.33. The summed E-state index contributed by atoms with van der Waals surface area (Å²) in [4.78, 5) is -0.914. The van der Waals surface area contributed by atoms with Gasteiger partial charge in [0, 0.05) is 13.1 Å². The van der Waals surface area contributed by atoms with Gasteiger partial charge >= 0.3 is 6.18 Å². The average Bonchev–Trinajstić information content (AvgIpc) is 2.52. The lowest BCUT2D eigenvalue weighted by Crippen LogP contribution is -2.41. The van der Waals surface area contributed by atoms with Gasteiger partial charge in [-0.15, -0.1) is 0 Å². The second-order valence-electron chi connectivity index (χ2n) is 5.80. The van der Waals surface area contributed by atoms with Gasteiger partial charge in [0.15, 0.2) is 0 Å². The minimum Gasteiger partial charge on any atom is -0.317 e. The molecule has 136 valence electrons. The van der Waals surface area contributed by atoms with Gasteiger partial charge in [0.05, 0.1) is 5.56 Å². The van der Waals surface area contributed by atoms with Gasteiger partial charge in [0.25, 0.3) is 0 Å². The first-order valence-electron chi connectivity index (χ1n) is 7.74. The van der Waals surface area contributed by atoms with Crippen LogP contribution in [-0.2, 0) is 16.2 Å². The second kappa shape index (κ2) is 7.37. The molecule has 1 heterocycles. The van der Waals surface area contributed by atoms with Gasteiger partial charge in [-0.3, -0.25) is 0 Å². The highest BCUT2D eigenvalue weighted by molar-refractivity contribution is 7.89. The zero-order valence-corrected chi connectivity index (χ0v) is 14.1. The van der Waals surface area contributed by atoms with Gasteiger partial charge in [-0.05, 0) is 50.0 Å². The number of sulfonamides is 1. The smallest absolute Gasteiger partial charge is 0.317 e. The molecule has 0 spiro atoms. The number of piperidine rings is 1. The Morgan fingerprint density at radius 3 is 2.42 bits per heavy atom. The van der Waals surface area contributed by atoms with E-state index < -0.39 is 32.5 Å². The van der Waals surface area contributed by atoms with Crippen LogP contribution >= 0.6 is 0 Å². The Morgan fingerprint density at radius 1 is 1.25 bits per heavy atom. The third-order valence-corrected chi connectivity index (χ3v) is 6.05. The van der Waals surface area contributed by atoms with E-state index in [0.717, 1.165) is 17.4 Å². The molecule has 0 aromatic heterocycles. The molecule has 0 amide bonds. The second-order valence-corrected chi connectivity index (χ2v) is 7.70. The van der Waals surface area contributed by atoms with Crippen LogP contribution in [0.15, 0.2) is 23.1 Å². The number of hydrogen-bond acceptors (Lipinski definition) is 3. The molecule has 0 bridgehead atoms. The lowest BCUT2D eigenvalue weighted by Gasteiger charge is -2.31. The quantitative estimate of drug-likeness (QED) is 0.813. The molecule has 0 saturated carbocycles. The zero-order valence-electron chi connectivity index (χ0n) is 13.2. The summed E-state index contributed by atoms with van der Waals surface area (Å²) in [6.45, 7) is 3.90.